The van der Waals surface area contributed by atoms with Crippen molar-refractivity contribution in [3.05, 3.63) is 51.3 Å². The lowest BCUT2D eigenvalue weighted by Gasteiger charge is -2.07. The number of hydrazine groups is 1. The summed E-state index contributed by atoms with van der Waals surface area (Å²) in [6.07, 6.45) is 1.40. The van der Waals surface area contributed by atoms with Gasteiger partial charge in [-0.3, -0.25) is 10.2 Å². The van der Waals surface area contributed by atoms with Crippen molar-refractivity contribution in [2.75, 3.05) is 0 Å². The molecular weight excluding hydrogens is 336 g/mol. The van der Waals surface area contributed by atoms with Gasteiger partial charge in [-0.05, 0) is 24.3 Å². The van der Waals surface area contributed by atoms with E-state index in [1.54, 1.807) is 18.2 Å². The molecule has 2 rings (SSSR count). The molecule has 1 heterocycles. The topological polar surface area (TPSA) is 77.5 Å². The summed E-state index contributed by atoms with van der Waals surface area (Å²) in [4.78, 5) is 11.4. The van der Waals surface area contributed by atoms with Crippen LogP contribution in [0.2, 0.25) is 5.02 Å². The van der Waals surface area contributed by atoms with Crippen LogP contribution in [-0.2, 0) is 6.61 Å². The molecule has 0 saturated carbocycles. The maximum absolute atomic E-state index is 11.4. The number of carbonyl (C=O) groups is 1. The van der Waals surface area contributed by atoms with Gasteiger partial charge in [0.05, 0.1) is 16.8 Å². The Morgan fingerprint density at radius 1 is 1.47 bits per heavy atom. The second kappa shape index (κ2) is 6.10. The second-order valence-electron chi connectivity index (χ2n) is 3.59. The lowest BCUT2D eigenvalue weighted by molar-refractivity contribution is 0.0949. The number of amides is 1. The third-order valence-electron chi connectivity index (χ3n) is 2.37. The molecule has 0 spiro atoms. The number of carbonyl (C=O) groups excluding carboxylic acids is 1. The number of hydrogen-bond acceptors (Lipinski definition) is 4. The number of nitrogen functional groups attached to an aromatic ring is 1. The fraction of sp³-hybridized carbons (Fsp3) is 0.0833. The summed E-state index contributed by atoms with van der Waals surface area (Å²) in [7, 11) is 0. The quantitative estimate of drug-likeness (QED) is 0.507. The van der Waals surface area contributed by atoms with Gasteiger partial charge in [-0.15, -0.1) is 0 Å². The smallest absolute Gasteiger partial charge is 0.268 e. The van der Waals surface area contributed by atoms with Crippen LogP contribution in [0.1, 0.15) is 16.1 Å². The van der Waals surface area contributed by atoms with Crippen LogP contribution in [0, 0.1) is 0 Å². The van der Waals surface area contributed by atoms with Crippen LogP contribution >= 0.6 is 27.5 Å². The molecule has 100 valence electrons. The van der Waals surface area contributed by atoms with E-state index in [1.807, 2.05) is 5.43 Å². The third-order valence-corrected chi connectivity index (χ3v) is 3.16. The highest BCUT2D eigenvalue weighted by Gasteiger charge is 2.14. The summed E-state index contributed by atoms with van der Waals surface area (Å²) >= 11 is 9.32. The fourth-order valence-corrected chi connectivity index (χ4v) is 2.20. The summed E-state index contributed by atoms with van der Waals surface area (Å²) < 4.78 is 11.5. The van der Waals surface area contributed by atoms with E-state index in [2.05, 4.69) is 15.9 Å². The van der Waals surface area contributed by atoms with Crippen LogP contribution in [0.3, 0.4) is 0 Å². The monoisotopic (exact) mass is 344 g/mol. The van der Waals surface area contributed by atoms with Gasteiger partial charge in [0.1, 0.15) is 12.4 Å². The molecule has 0 aliphatic heterocycles. The molecule has 1 amide bonds. The van der Waals surface area contributed by atoms with E-state index in [4.69, 9.17) is 26.6 Å². The summed E-state index contributed by atoms with van der Waals surface area (Å²) in [6.45, 7) is 0.0805. The van der Waals surface area contributed by atoms with E-state index in [0.717, 1.165) is 4.47 Å². The largest absolute Gasteiger partial charge is 0.484 e. The van der Waals surface area contributed by atoms with Crippen LogP contribution in [0.15, 0.2) is 39.4 Å². The van der Waals surface area contributed by atoms with Gasteiger partial charge in [-0.25, -0.2) is 5.84 Å². The Morgan fingerprint density at radius 3 is 2.95 bits per heavy atom. The zero-order valence-corrected chi connectivity index (χ0v) is 12.0. The van der Waals surface area contributed by atoms with Gasteiger partial charge < -0.3 is 9.15 Å². The molecule has 1 aromatic carbocycles. The number of halogens is 2. The SMILES string of the molecule is NNC(=O)c1ccoc1COc1ccc(Br)cc1Cl. The molecule has 0 aliphatic carbocycles. The Hall–Kier alpha value is -1.50. The summed E-state index contributed by atoms with van der Waals surface area (Å²) in [5, 5.41) is 0.464. The van der Waals surface area contributed by atoms with Crippen LogP contribution < -0.4 is 16.0 Å². The van der Waals surface area contributed by atoms with Crippen LogP contribution in [-0.4, -0.2) is 5.91 Å². The molecule has 2 aromatic rings. The van der Waals surface area contributed by atoms with Crippen molar-refractivity contribution < 1.29 is 13.9 Å². The number of nitrogens with two attached hydrogens (primary N) is 1. The molecule has 0 atom stereocenters. The number of hydrogen-bond donors (Lipinski definition) is 2. The van der Waals surface area contributed by atoms with Crippen molar-refractivity contribution in [2.45, 2.75) is 6.61 Å². The van der Waals surface area contributed by atoms with E-state index in [1.165, 1.54) is 12.3 Å². The van der Waals surface area contributed by atoms with Crippen LogP contribution in [0.4, 0.5) is 0 Å². The maximum Gasteiger partial charge on any atom is 0.268 e. The lowest BCUT2D eigenvalue weighted by Crippen LogP contribution is -2.30. The van der Waals surface area contributed by atoms with Gasteiger partial charge >= 0.3 is 0 Å². The van der Waals surface area contributed by atoms with Gasteiger partial charge in [-0.2, -0.15) is 0 Å². The van der Waals surface area contributed by atoms with Crippen molar-refractivity contribution in [1.29, 1.82) is 0 Å². The van der Waals surface area contributed by atoms with Crippen molar-refractivity contribution in [3.63, 3.8) is 0 Å². The first-order valence-corrected chi connectivity index (χ1v) is 6.44. The normalized spacial score (nSPS) is 10.3. The average molecular weight is 346 g/mol. The van der Waals surface area contributed by atoms with E-state index in [0.29, 0.717) is 22.1 Å². The van der Waals surface area contributed by atoms with Crippen molar-refractivity contribution >= 4 is 33.4 Å². The number of ether oxygens (including phenoxy) is 1. The second-order valence-corrected chi connectivity index (χ2v) is 4.92. The molecule has 0 radical (unpaired) electrons. The van der Waals surface area contributed by atoms with Crippen LogP contribution in [0.5, 0.6) is 5.75 Å². The third kappa shape index (κ3) is 3.28. The van der Waals surface area contributed by atoms with E-state index in [9.17, 15) is 4.79 Å². The Kier molecular flexibility index (Phi) is 4.47. The van der Waals surface area contributed by atoms with Gasteiger partial charge in [0.25, 0.3) is 5.91 Å². The summed E-state index contributed by atoms with van der Waals surface area (Å²) in [5.74, 6) is 5.51. The fourth-order valence-electron chi connectivity index (χ4n) is 1.47. The van der Waals surface area contributed by atoms with Gasteiger partial charge in [0, 0.05) is 4.47 Å². The average Bonchev–Trinajstić information content (AvgIpc) is 2.85. The molecule has 0 aliphatic rings. The van der Waals surface area contributed by atoms with Crippen molar-refractivity contribution in [1.82, 2.24) is 5.43 Å². The van der Waals surface area contributed by atoms with Crippen molar-refractivity contribution in [2.24, 2.45) is 5.84 Å². The summed E-state index contributed by atoms with van der Waals surface area (Å²) in [5.41, 5.74) is 2.37. The molecule has 0 bridgehead atoms. The number of nitrogens with one attached hydrogen (secondary N) is 1. The van der Waals surface area contributed by atoms with Gasteiger partial charge in [0.2, 0.25) is 0 Å². The van der Waals surface area contributed by atoms with Crippen molar-refractivity contribution in [3.8, 4) is 5.75 Å². The maximum atomic E-state index is 11.4. The number of benzene rings is 1. The van der Waals surface area contributed by atoms with Gasteiger partial charge in [-0.1, -0.05) is 27.5 Å². The standard InChI is InChI=1S/C12H10BrClN2O3/c13-7-1-2-10(9(14)5-7)19-6-11-8(3-4-18-11)12(17)16-15/h1-5H,6,15H2,(H,16,17). The van der Waals surface area contributed by atoms with E-state index < -0.39 is 5.91 Å². The highest BCUT2D eigenvalue weighted by atomic mass is 79.9. The molecule has 0 saturated heterocycles. The predicted molar refractivity (Wildman–Crippen MR) is 73.8 cm³/mol. The highest BCUT2D eigenvalue weighted by Crippen LogP contribution is 2.28. The molecule has 0 unspecified atom stereocenters. The molecule has 3 N–H and O–H groups in total. The molecule has 1 aromatic heterocycles. The Morgan fingerprint density at radius 2 is 2.26 bits per heavy atom. The van der Waals surface area contributed by atoms with Gasteiger partial charge in [0.15, 0.2) is 5.76 Å². The van der Waals surface area contributed by atoms with Crippen LogP contribution in [0.25, 0.3) is 0 Å². The minimum Gasteiger partial charge on any atom is -0.484 e. The Balaban J connectivity index is 2.10. The highest BCUT2D eigenvalue weighted by molar-refractivity contribution is 9.10. The summed E-state index contributed by atoms with van der Waals surface area (Å²) in [6, 6.07) is 6.76. The molecule has 0 fully saturated rings. The number of rotatable bonds is 4. The van der Waals surface area contributed by atoms with E-state index >= 15 is 0 Å². The first-order valence-electron chi connectivity index (χ1n) is 5.27. The number of furan rings is 1. The Bertz CT molecular complexity index is 600. The molecule has 7 heteroatoms. The zero-order chi connectivity index (χ0) is 13.8. The Labute approximate surface area is 122 Å². The first kappa shape index (κ1) is 13.9. The minimum absolute atomic E-state index is 0.0805. The minimum atomic E-state index is -0.436. The molecule has 5 nitrogen and oxygen atoms in total. The predicted octanol–water partition coefficient (Wildman–Crippen LogP) is 2.88. The lowest BCUT2D eigenvalue weighted by atomic mass is 10.2. The zero-order valence-electron chi connectivity index (χ0n) is 9.65. The molecule has 19 heavy (non-hydrogen) atoms. The first-order chi connectivity index (χ1) is 9.11. The molecular formula is C12H10BrClN2O3. The van der Waals surface area contributed by atoms with E-state index in [-0.39, 0.29) is 6.61 Å².